The summed E-state index contributed by atoms with van der Waals surface area (Å²) in [5.41, 5.74) is 4.48. The predicted molar refractivity (Wildman–Crippen MR) is 88.2 cm³/mol. The molecule has 0 aliphatic heterocycles. The maximum absolute atomic E-state index is 5.53. The minimum absolute atomic E-state index is 0.287. The van der Waals surface area contributed by atoms with E-state index in [0.29, 0.717) is 0 Å². The average molecular weight is 300 g/mol. The summed E-state index contributed by atoms with van der Waals surface area (Å²) in [6.45, 7) is 7.17. The van der Waals surface area contributed by atoms with Crippen LogP contribution < -0.4 is 0 Å². The topological polar surface area (TPSA) is 38.5 Å². The molecule has 5 heteroatoms. The Morgan fingerprint density at radius 1 is 1.29 bits per heavy atom. The fourth-order valence-electron chi connectivity index (χ4n) is 2.90. The summed E-state index contributed by atoms with van der Waals surface area (Å²) in [5, 5.41) is 4.58. The first-order valence-electron chi connectivity index (χ1n) is 7.33. The Labute approximate surface area is 129 Å². The van der Waals surface area contributed by atoms with Gasteiger partial charge in [0.1, 0.15) is 5.52 Å². The van der Waals surface area contributed by atoms with Crippen LogP contribution >= 0.6 is 12.2 Å². The van der Waals surface area contributed by atoms with Gasteiger partial charge in [-0.1, -0.05) is 30.3 Å². The van der Waals surface area contributed by atoms with Crippen LogP contribution in [0.15, 0.2) is 30.3 Å². The van der Waals surface area contributed by atoms with Crippen LogP contribution in [-0.4, -0.2) is 19.3 Å². The molecule has 1 N–H and O–H groups in total. The quantitative estimate of drug-likeness (QED) is 0.739. The molecule has 1 unspecified atom stereocenters. The van der Waals surface area contributed by atoms with Crippen molar-refractivity contribution >= 4 is 23.4 Å². The monoisotopic (exact) mass is 300 g/mol. The number of fused-ring (bicyclic) bond motifs is 1. The molecular weight excluding hydrogens is 280 g/mol. The van der Waals surface area contributed by atoms with E-state index in [1.165, 1.54) is 5.56 Å². The zero-order valence-corrected chi connectivity index (χ0v) is 13.4. The summed E-state index contributed by atoms with van der Waals surface area (Å²) in [7, 11) is 0. The highest BCUT2D eigenvalue weighted by atomic mass is 32.1. The van der Waals surface area contributed by atoms with Gasteiger partial charge in [0.2, 0.25) is 0 Å². The third-order valence-corrected chi connectivity index (χ3v) is 4.19. The molecule has 0 fully saturated rings. The normalized spacial score (nSPS) is 12.9. The van der Waals surface area contributed by atoms with Crippen LogP contribution in [0.5, 0.6) is 0 Å². The van der Waals surface area contributed by atoms with Crippen LogP contribution in [0.4, 0.5) is 0 Å². The third-order valence-electron chi connectivity index (χ3n) is 3.89. The first kappa shape index (κ1) is 14.1. The molecule has 0 radical (unpaired) electrons. The molecule has 1 aromatic carbocycles. The SMILES string of the molecule is CCn1nc(C)c2[nH]c(=S)n(C(C)Cc3ccccc3)c21. The summed E-state index contributed by atoms with van der Waals surface area (Å²) < 4.78 is 5.00. The number of aromatic amines is 1. The van der Waals surface area contributed by atoms with Crippen LogP contribution in [0, 0.1) is 11.7 Å². The maximum Gasteiger partial charge on any atom is 0.179 e. The van der Waals surface area contributed by atoms with E-state index in [1.807, 2.05) is 17.7 Å². The van der Waals surface area contributed by atoms with Crippen molar-refractivity contribution in [1.29, 1.82) is 0 Å². The fourth-order valence-corrected chi connectivity index (χ4v) is 3.27. The molecule has 0 saturated carbocycles. The Morgan fingerprint density at radius 3 is 2.67 bits per heavy atom. The predicted octanol–water partition coefficient (Wildman–Crippen LogP) is 4.03. The van der Waals surface area contributed by atoms with Gasteiger partial charge in [-0.3, -0.25) is 4.57 Å². The number of nitrogens with one attached hydrogen (secondary N) is 1. The smallest absolute Gasteiger partial charge is 0.179 e. The van der Waals surface area contributed by atoms with Gasteiger partial charge in [0.25, 0.3) is 0 Å². The molecule has 3 rings (SSSR count). The lowest BCUT2D eigenvalue weighted by Crippen LogP contribution is -2.12. The molecule has 4 nitrogen and oxygen atoms in total. The summed E-state index contributed by atoms with van der Waals surface area (Å²) >= 11 is 5.53. The van der Waals surface area contributed by atoms with Crippen molar-refractivity contribution in [1.82, 2.24) is 19.3 Å². The Morgan fingerprint density at radius 2 is 2.00 bits per heavy atom. The Hall–Kier alpha value is -1.88. The zero-order chi connectivity index (χ0) is 15.0. The zero-order valence-electron chi connectivity index (χ0n) is 12.6. The number of aryl methyl sites for hydroxylation is 2. The standard InChI is InChI=1S/C16H20N4S/c1-4-19-15-14(12(3)18-19)17-16(21)20(15)11(2)10-13-8-6-5-7-9-13/h5-9,11H,4,10H2,1-3H3,(H,17,21). The van der Waals surface area contributed by atoms with Crippen LogP contribution in [0.1, 0.15) is 31.1 Å². The van der Waals surface area contributed by atoms with Crippen LogP contribution in [-0.2, 0) is 13.0 Å². The molecule has 21 heavy (non-hydrogen) atoms. The van der Waals surface area contributed by atoms with Crippen LogP contribution in [0.25, 0.3) is 11.2 Å². The van der Waals surface area contributed by atoms with Crippen molar-refractivity contribution in [2.24, 2.45) is 0 Å². The second kappa shape index (κ2) is 5.48. The molecule has 0 saturated heterocycles. The van der Waals surface area contributed by atoms with Gasteiger partial charge >= 0.3 is 0 Å². The third kappa shape index (κ3) is 2.42. The molecule has 0 aliphatic rings. The van der Waals surface area contributed by atoms with Crippen molar-refractivity contribution in [3.8, 4) is 0 Å². The fraction of sp³-hybridized carbons (Fsp3) is 0.375. The molecular formula is C16H20N4S. The number of imidazole rings is 1. The van der Waals surface area contributed by atoms with Crippen molar-refractivity contribution in [2.45, 2.75) is 39.8 Å². The highest BCUT2D eigenvalue weighted by Gasteiger charge is 2.17. The van der Waals surface area contributed by atoms with Gasteiger partial charge < -0.3 is 4.98 Å². The van der Waals surface area contributed by atoms with Gasteiger partial charge in [-0.15, -0.1) is 0 Å². The summed E-state index contributed by atoms with van der Waals surface area (Å²) in [6.07, 6.45) is 0.954. The minimum atomic E-state index is 0.287. The molecule has 0 bridgehead atoms. The Kier molecular flexibility index (Phi) is 3.68. The highest BCUT2D eigenvalue weighted by Crippen LogP contribution is 2.24. The highest BCUT2D eigenvalue weighted by molar-refractivity contribution is 7.71. The van der Waals surface area contributed by atoms with Gasteiger partial charge in [0.15, 0.2) is 10.4 Å². The number of rotatable bonds is 4. The molecule has 0 amide bonds. The second-order valence-corrected chi connectivity index (χ2v) is 5.83. The van der Waals surface area contributed by atoms with E-state index in [2.05, 4.69) is 52.8 Å². The van der Waals surface area contributed by atoms with Crippen molar-refractivity contribution in [3.63, 3.8) is 0 Å². The molecule has 2 heterocycles. The number of H-pyrrole nitrogens is 1. The van der Waals surface area contributed by atoms with Gasteiger partial charge in [-0.2, -0.15) is 5.10 Å². The molecule has 2 aromatic heterocycles. The van der Waals surface area contributed by atoms with E-state index in [1.54, 1.807) is 0 Å². The summed E-state index contributed by atoms with van der Waals surface area (Å²) in [5.74, 6) is 0. The van der Waals surface area contributed by atoms with Crippen molar-refractivity contribution < 1.29 is 0 Å². The van der Waals surface area contributed by atoms with E-state index in [9.17, 15) is 0 Å². The van der Waals surface area contributed by atoms with E-state index in [0.717, 1.165) is 34.6 Å². The average Bonchev–Trinajstić information content (AvgIpc) is 2.96. The second-order valence-electron chi connectivity index (χ2n) is 5.44. The van der Waals surface area contributed by atoms with Crippen LogP contribution in [0.3, 0.4) is 0 Å². The number of nitrogens with zero attached hydrogens (tertiary/aromatic N) is 3. The van der Waals surface area contributed by atoms with Gasteiger partial charge in [-0.25, -0.2) is 4.68 Å². The Bertz CT molecular complexity index is 810. The lowest BCUT2D eigenvalue weighted by atomic mass is 10.1. The lowest BCUT2D eigenvalue weighted by molar-refractivity contribution is 0.530. The molecule has 1 atom stereocenters. The van der Waals surface area contributed by atoms with Crippen molar-refractivity contribution in [3.05, 3.63) is 46.4 Å². The van der Waals surface area contributed by atoms with E-state index in [4.69, 9.17) is 12.2 Å². The van der Waals surface area contributed by atoms with E-state index < -0.39 is 0 Å². The summed E-state index contributed by atoms with van der Waals surface area (Å²) in [4.78, 5) is 3.31. The molecule has 110 valence electrons. The van der Waals surface area contributed by atoms with Gasteiger partial charge in [0.05, 0.1) is 5.69 Å². The Balaban J connectivity index is 2.07. The first-order valence-corrected chi connectivity index (χ1v) is 7.74. The first-order chi connectivity index (χ1) is 10.1. The van der Waals surface area contributed by atoms with E-state index in [-0.39, 0.29) is 6.04 Å². The van der Waals surface area contributed by atoms with E-state index >= 15 is 0 Å². The number of hydrogen-bond acceptors (Lipinski definition) is 2. The minimum Gasteiger partial charge on any atom is -0.328 e. The molecule has 0 spiro atoms. The molecule has 3 aromatic rings. The van der Waals surface area contributed by atoms with Crippen molar-refractivity contribution in [2.75, 3.05) is 0 Å². The van der Waals surface area contributed by atoms with Gasteiger partial charge in [0, 0.05) is 12.6 Å². The molecule has 0 aliphatic carbocycles. The van der Waals surface area contributed by atoms with Gasteiger partial charge in [-0.05, 0) is 45.0 Å². The lowest BCUT2D eigenvalue weighted by Gasteiger charge is -2.15. The largest absolute Gasteiger partial charge is 0.328 e. The number of benzene rings is 1. The van der Waals surface area contributed by atoms with Crippen LogP contribution in [0.2, 0.25) is 0 Å². The number of hydrogen-bond donors (Lipinski definition) is 1. The number of aromatic nitrogens is 4. The maximum atomic E-state index is 5.53. The summed E-state index contributed by atoms with van der Waals surface area (Å²) in [6, 6.07) is 10.8.